The van der Waals surface area contributed by atoms with Crippen LogP contribution in [0.3, 0.4) is 0 Å². The van der Waals surface area contributed by atoms with Gasteiger partial charge in [-0.25, -0.2) is 0 Å². The molecule has 0 unspecified atom stereocenters. The average Bonchev–Trinajstić information content (AvgIpc) is 2.49. The first kappa shape index (κ1) is 20.1. The summed E-state index contributed by atoms with van der Waals surface area (Å²) in [5.74, 6) is 1.61. The van der Waals surface area contributed by atoms with Gasteiger partial charge in [0.05, 0.1) is 18.2 Å². The van der Waals surface area contributed by atoms with Gasteiger partial charge in [0.1, 0.15) is 11.5 Å². The van der Waals surface area contributed by atoms with Gasteiger partial charge in [-0.05, 0) is 29.7 Å². The quantitative estimate of drug-likeness (QED) is 0.427. The van der Waals surface area contributed by atoms with Crippen molar-refractivity contribution < 1.29 is 19.0 Å². The van der Waals surface area contributed by atoms with Crippen molar-refractivity contribution in [1.82, 2.24) is 0 Å². The summed E-state index contributed by atoms with van der Waals surface area (Å²) >= 11 is 11.6. The molecule has 0 saturated carbocycles. The lowest BCUT2D eigenvalue weighted by Gasteiger charge is -2.20. The zero-order valence-corrected chi connectivity index (χ0v) is 15.3. The van der Waals surface area contributed by atoms with Gasteiger partial charge in [-0.2, -0.15) is 0 Å². The Bertz CT molecular complexity index is 491. The number of ether oxygens (including phenoxy) is 3. The Labute approximate surface area is 148 Å². The Kier molecular flexibility index (Phi) is 9.37. The van der Waals surface area contributed by atoms with E-state index in [0.717, 1.165) is 6.42 Å². The van der Waals surface area contributed by atoms with Crippen LogP contribution in [0.2, 0.25) is 5.02 Å². The van der Waals surface area contributed by atoms with Crippen molar-refractivity contribution >= 4 is 28.4 Å². The minimum atomic E-state index is -0.342. The van der Waals surface area contributed by atoms with Gasteiger partial charge in [0.25, 0.3) is 0 Å². The fourth-order valence-corrected chi connectivity index (χ4v) is 2.34. The van der Waals surface area contributed by atoms with Gasteiger partial charge in [0, 0.05) is 38.5 Å². The number of carbonyl (C=O) groups is 1. The van der Waals surface area contributed by atoms with Crippen LogP contribution >= 0.6 is 23.2 Å². The second kappa shape index (κ2) is 10.7. The van der Waals surface area contributed by atoms with E-state index in [-0.39, 0.29) is 11.2 Å². The Balaban J connectivity index is 2.60. The standard InChI is InChI=1S/C17H24Cl2O4/c1-12(2)13(9-17(19)20)11-23-14-5-6-15(18)16(10-14)22-8-4-7-21-3/h5-6,10,12-13H,4,7-9,11H2,1-3H3/t13-/m0/s1. The second-order valence-corrected chi connectivity index (χ2v) is 6.49. The van der Waals surface area contributed by atoms with E-state index in [9.17, 15) is 4.79 Å². The minimum Gasteiger partial charge on any atom is -0.493 e. The summed E-state index contributed by atoms with van der Waals surface area (Å²) in [6.45, 7) is 5.66. The van der Waals surface area contributed by atoms with E-state index in [1.807, 2.05) is 13.8 Å². The Morgan fingerprint density at radius 1 is 1.22 bits per heavy atom. The summed E-state index contributed by atoms with van der Waals surface area (Å²) in [6, 6.07) is 5.28. The van der Waals surface area contributed by atoms with Gasteiger partial charge < -0.3 is 14.2 Å². The van der Waals surface area contributed by atoms with Gasteiger partial charge in [0.15, 0.2) is 0 Å². The molecule has 0 saturated heterocycles. The lowest BCUT2D eigenvalue weighted by molar-refractivity contribution is -0.113. The van der Waals surface area contributed by atoms with Crippen molar-refractivity contribution in [3.8, 4) is 11.5 Å². The van der Waals surface area contributed by atoms with Gasteiger partial charge in [-0.1, -0.05) is 25.4 Å². The first-order valence-corrected chi connectivity index (χ1v) is 8.42. The van der Waals surface area contributed by atoms with Crippen molar-refractivity contribution in [1.29, 1.82) is 0 Å². The van der Waals surface area contributed by atoms with Crippen LogP contribution in [-0.2, 0) is 9.53 Å². The van der Waals surface area contributed by atoms with Gasteiger partial charge in [-0.15, -0.1) is 0 Å². The molecule has 0 spiro atoms. The van der Waals surface area contributed by atoms with Crippen molar-refractivity contribution in [2.24, 2.45) is 11.8 Å². The fraction of sp³-hybridized carbons (Fsp3) is 0.588. The molecule has 1 aromatic carbocycles. The van der Waals surface area contributed by atoms with E-state index in [1.165, 1.54) is 0 Å². The summed E-state index contributed by atoms with van der Waals surface area (Å²) in [6.07, 6.45) is 1.08. The molecule has 0 bridgehead atoms. The number of hydrogen-bond donors (Lipinski definition) is 0. The molecule has 0 amide bonds. The molecule has 1 atom stereocenters. The lowest BCUT2D eigenvalue weighted by atomic mass is 9.94. The Morgan fingerprint density at radius 2 is 1.96 bits per heavy atom. The van der Waals surface area contributed by atoms with Crippen LogP contribution in [0.25, 0.3) is 0 Å². The van der Waals surface area contributed by atoms with Crippen LogP contribution < -0.4 is 9.47 Å². The maximum Gasteiger partial charge on any atom is 0.222 e. The molecule has 0 fully saturated rings. The SMILES string of the molecule is COCCCOc1cc(OC[C@H](CC(=O)Cl)C(C)C)ccc1Cl. The van der Waals surface area contributed by atoms with Crippen molar-refractivity contribution in [3.63, 3.8) is 0 Å². The molecule has 0 N–H and O–H groups in total. The molecule has 0 aromatic heterocycles. The first-order valence-electron chi connectivity index (χ1n) is 7.66. The molecule has 6 heteroatoms. The summed E-state index contributed by atoms with van der Waals surface area (Å²) in [5, 5.41) is 0.191. The van der Waals surface area contributed by atoms with Gasteiger partial charge in [0.2, 0.25) is 5.24 Å². The van der Waals surface area contributed by atoms with Crippen molar-refractivity contribution in [2.75, 3.05) is 26.9 Å². The number of rotatable bonds is 11. The smallest absolute Gasteiger partial charge is 0.222 e. The number of benzene rings is 1. The van der Waals surface area contributed by atoms with Crippen LogP contribution in [0, 0.1) is 11.8 Å². The van der Waals surface area contributed by atoms with E-state index in [4.69, 9.17) is 37.4 Å². The molecule has 23 heavy (non-hydrogen) atoms. The highest BCUT2D eigenvalue weighted by molar-refractivity contribution is 6.63. The monoisotopic (exact) mass is 362 g/mol. The highest BCUT2D eigenvalue weighted by Crippen LogP contribution is 2.30. The topological polar surface area (TPSA) is 44.8 Å². The summed E-state index contributed by atoms with van der Waals surface area (Å²) < 4.78 is 16.4. The number of hydrogen-bond acceptors (Lipinski definition) is 4. The van der Waals surface area contributed by atoms with E-state index < -0.39 is 0 Å². The van der Waals surface area contributed by atoms with E-state index in [1.54, 1.807) is 25.3 Å². The number of halogens is 2. The highest BCUT2D eigenvalue weighted by atomic mass is 35.5. The zero-order valence-electron chi connectivity index (χ0n) is 13.8. The van der Waals surface area contributed by atoms with Crippen LogP contribution in [0.15, 0.2) is 18.2 Å². The predicted molar refractivity (Wildman–Crippen MR) is 92.7 cm³/mol. The second-order valence-electron chi connectivity index (χ2n) is 5.66. The van der Waals surface area contributed by atoms with E-state index in [2.05, 4.69) is 0 Å². The van der Waals surface area contributed by atoms with Crippen molar-refractivity contribution in [3.05, 3.63) is 23.2 Å². The third kappa shape index (κ3) is 7.91. The summed E-state index contributed by atoms with van der Waals surface area (Å²) in [5.41, 5.74) is 0. The molecule has 4 nitrogen and oxygen atoms in total. The van der Waals surface area contributed by atoms with Gasteiger partial charge >= 0.3 is 0 Å². The van der Waals surface area contributed by atoms with Crippen LogP contribution in [-0.4, -0.2) is 32.2 Å². The van der Waals surface area contributed by atoms with Gasteiger partial charge in [-0.3, -0.25) is 4.79 Å². The Hall–Kier alpha value is -0.970. The average molecular weight is 363 g/mol. The molecule has 0 aliphatic rings. The lowest BCUT2D eigenvalue weighted by Crippen LogP contribution is -2.20. The minimum absolute atomic E-state index is 0.0711. The molecular weight excluding hydrogens is 339 g/mol. The fourth-order valence-electron chi connectivity index (χ4n) is 1.97. The van der Waals surface area contributed by atoms with E-state index >= 15 is 0 Å². The molecule has 1 rings (SSSR count). The van der Waals surface area contributed by atoms with Crippen LogP contribution in [0.4, 0.5) is 0 Å². The molecule has 1 aromatic rings. The molecule has 0 radical (unpaired) electrons. The largest absolute Gasteiger partial charge is 0.493 e. The summed E-state index contributed by atoms with van der Waals surface area (Å²) in [4.78, 5) is 11.1. The third-order valence-corrected chi connectivity index (χ3v) is 3.95. The molecule has 130 valence electrons. The maximum atomic E-state index is 11.1. The molecular formula is C17H24Cl2O4. The van der Waals surface area contributed by atoms with Crippen LogP contribution in [0.5, 0.6) is 11.5 Å². The highest BCUT2D eigenvalue weighted by Gasteiger charge is 2.17. The number of carbonyl (C=O) groups excluding carboxylic acids is 1. The normalized spacial score (nSPS) is 12.3. The maximum absolute atomic E-state index is 11.1. The summed E-state index contributed by atoms with van der Waals surface area (Å²) in [7, 11) is 1.65. The zero-order chi connectivity index (χ0) is 17.2. The van der Waals surface area contributed by atoms with E-state index in [0.29, 0.717) is 48.7 Å². The molecule has 0 aliphatic heterocycles. The molecule has 0 heterocycles. The van der Waals surface area contributed by atoms with Crippen molar-refractivity contribution in [2.45, 2.75) is 26.7 Å². The third-order valence-electron chi connectivity index (χ3n) is 3.48. The number of methoxy groups -OCH3 is 1. The predicted octanol–water partition coefficient (Wildman–Crippen LogP) is 4.56. The van der Waals surface area contributed by atoms with Crippen LogP contribution in [0.1, 0.15) is 26.7 Å². The Morgan fingerprint density at radius 3 is 2.57 bits per heavy atom. The molecule has 0 aliphatic carbocycles. The first-order chi connectivity index (χ1) is 10.9.